The summed E-state index contributed by atoms with van der Waals surface area (Å²) in [4.78, 5) is 19.2. The van der Waals surface area contributed by atoms with Gasteiger partial charge in [0.25, 0.3) is 0 Å². The van der Waals surface area contributed by atoms with E-state index >= 15 is 0 Å². The summed E-state index contributed by atoms with van der Waals surface area (Å²) in [6, 6.07) is 6.29. The van der Waals surface area contributed by atoms with E-state index in [0.29, 0.717) is 49.6 Å². The van der Waals surface area contributed by atoms with Crippen molar-refractivity contribution in [2.75, 3.05) is 50.9 Å². The lowest BCUT2D eigenvalue weighted by atomic mass is 9.73. The zero-order valence-corrected chi connectivity index (χ0v) is 23.3. The number of amides is 1. The van der Waals surface area contributed by atoms with Crippen LogP contribution in [0.5, 0.6) is 5.75 Å². The summed E-state index contributed by atoms with van der Waals surface area (Å²) >= 11 is 0. The number of ether oxygens (including phenoxy) is 1. The van der Waals surface area contributed by atoms with Crippen molar-refractivity contribution >= 4 is 32.7 Å². The van der Waals surface area contributed by atoms with Crippen LogP contribution in [0.2, 0.25) is 0 Å². The van der Waals surface area contributed by atoms with Gasteiger partial charge in [0.05, 0.1) is 34.3 Å². The first-order valence-electron chi connectivity index (χ1n) is 13.3. The van der Waals surface area contributed by atoms with Crippen molar-refractivity contribution in [1.29, 1.82) is 0 Å². The molecule has 2 fully saturated rings. The molecule has 0 unspecified atom stereocenters. The fourth-order valence-corrected chi connectivity index (χ4v) is 7.14. The Kier molecular flexibility index (Phi) is 6.58. The van der Waals surface area contributed by atoms with E-state index in [0.717, 1.165) is 12.3 Å². The molecule has 2 aromatic carbocycles. The first kappa shape index (κ1) is 27.9. The molecule has 14 heteroatoms. The second-order valence-electron chi connectivity index (χ2n) is 11.0. The van der Waals surface area contributed by atoms with Gasteiger partial charge in [-0.2, -0.15) is 17.5 Å². The molecule has 41 heavy (non-hydrogen) atoms. The van der Waals surface area contributed by atoms with Gasteiger partial charge in [-0.05, 0) is 62.7 Å². The highest BCUT2D eigenvalue weighted by Gasteiger charge is 2.48. The molecule has 1 spiro atoms. The van der Waals surface area contributed by atoms with Crippen molar-refractivity contribution in [2.45, 2.75) is 37.4 Å². The van der Waals surface area contributed by atoms with E-state index in [1.54, 1.807) is 13.0 Å². The number of carbonyl (C=O) groups is 1. The highest BCUT2D eigenvalue weighted by Crippen LogP contribution is 2.45. The molecule has 220 valence electrons. The number of aromatic nitrogens is 2. The maximum Gasteiger partial charge on any atom is 0.418 e. The zero-order valence-electron chi connectivity index (χ0n) is 22.5. The van der Waals surface area contributed by atoms with Gasteiger partial charge in [-0.25, -0.2) is 17.8 Å². The average molecular weight is 596 g/mol. The molecule has 0 radical (unpaired) electrons. The number of piperidine rings is 1. The molecule has 3 aliphatic rings. The quantitative estimate of drug-likeness (QED) is 0.437. The minimum absolute atomic E-state index is 0.0360. The van der Waals surface area contributed by atoms with Crippen LogP contribution in [-0.4, -0.2) is 78.7 Å². The normalized spacial score (nSPS) is 19.9. The Hall–Kier alpha value is -3.23. The van der Waals surface area contributed by atoms with Crippen LogP contribution in [0.25, 0.3) is 11.0 Å². The number of hydrogen-bond donors (Lipinski definition) is 1. The van der Waals surface area contributed by atoms with Crippen LogP contribution in [0.1, 0.15) is 35.8 Å². The van der Waals surface area contributed by atoms with Gasteiger partial charge in [0, 0.05) is 31.4 Å². The van der Waals surface area contributed by atoms with Crippen LogP contribution in [-0.2, 0) is 26.4 Å². The van der Waals surface area contributed by atoms with Gasteiger partial charge < -0.3 is 14.6 Å². The van der Waals surface area contributed by atoms with Crippen LogP contribution >= 0.6 is 0 Å². The second-order valence-corrected chi connectivity index (χ2v) is 13.0. The third-order valence-electron chi connectivity index (χ3n) is 8.47. The summed E-state index contributed by atoms with van der Waals surface area (Å²) in [5.74, 6) is -0.133. The molecule has 0 atom stereocenters. The van der Waals surface area contributed by atoms with Crippen LogP contribution in [0.3, 0.4) is 0 Å². The van der Waals surface area contributed by atoms with Crippen molar-refractivity contribution in [2.24, 2.45) is 0 Å². The lowest BCUT2D eigenvalue weighted by Gasteiger charge is -2.39. The van der Waals surface area contributed by atoms with Crippen LogP contribution in [0, 0.1) is 12.7 Å². The van der Waals surface area contributed by atoms with E-state index in [9.17, 15) is 30.8 Å². The van der Waals surface area contributed by atoms with E-state index in [2.05, 4.69) is 15.2 Å². The smallest absolute Gasteiger partial charge is 0.418 e. The van der Waals surface area contributed by atoms with Gasteiger partial charge in [0.1, 0.15) is 24.0 Å². The summed E-state index contributed by atoms with van der Waals surface area (Å²) in [6.07, 6.45) is -2.62. The van der Waals surface area contributed by atoms with E-state index in [-0.39, 0.29) is 42.4 Å². The lowest BCUT2D eigenvalue weighted by Crippen LogP contribution is -2.50. The molecule has 9 nitrogen and oxygen atoms in total. The highest BCUT2D eigenvalue weighted by atomic mass is 32.2. The van der Waals surface area contributed by atoms with E-state index in [1.165, 1.54) is 27.1 Å². The zero-order chi connectivity index (χ0) is 29.3. The SMILES string of the molecule is Cc1nc2cc(OCCN3CCC4(CC3)C(=O)Nc3ccc(F)cc34)cc(C(F)(F)F)c2n1C1CN(S(C)(=O)=O)C1. The Labute approximate surface area is 234 Å². The van der Waals surface area contributed by atoms with Crippen LogP contribution in [0.4, 0.5) is 23.2 Å². The number of anilines is 1. The number of carbonyl (C=O) groups excluding carboxylic acids is 1. The Morgan fingerprint density at radius 3 is 2.51 bits per heavy atom. The first-order valence-corrected chi connectivity index (χ1v) is 15.1. The monoisotopic (exact) mass is 595 g/mol. The molecule has 1 aromatic heterocycles. The fraction of sp³-hybridized carbons (Fsp3) is 0.481. The summed E-state index contributed by atoms with van der Waals surface area (Å²) in [5, 5.41) is 2.85. The van der Waals surface area contributed by atoms with Crippen molar-refractivity contribution in [3.63, 3.8) is 0 Å². The first-order chi connectivity index (χ1) is 19.3. The number of likely N-dealkylation sites (tertiary alicyclic amines) is 1. The molecule has 1 N–H and O–H groups in total. The van der Waals surface area contributed by atoms with Gasteiger partial charge in [0.15, 0.2) is 0 Å². The number of rotatable bonds is 6. The number of aryl methyl sites for hydroxylation is 1. The maximum absolute atomic E-state index is 14.2. The van der Waals surface area contributed by atoms with Gasteiger partial charge in [0.2, 0.25) is 15.9 Å². The van der Waals surface area contributed by atoms with Gasteiger partial charge in [-0.15, -0.1) is 0 Å². The van der Waals surface area contributed by atoms with Crippen LogP contribution in [0.15, 0.2) is 30.3 Å². The predicted molar refractivity (Wildman–Crippen MR) is 143 cm³/mol. The summed E-state index contributed by atoms with van der Waals surface area (Å²) < 4.78 is 88.5. The minimum atomic E-state index is -4.68. The van der Waals surface area contributed by atoms with Crippen molar-refractivity contribution in [3.8, 4) is 5.75 Å². The van der Waals surface area contributed by atoms with Crippen molar-refractivity contribution in [3.05, 3.63) is 53.1 Å². The molecule has 0 bridgehead atoms. The van der Waals surface area contributed by atoms with E-state index < -0.39 is 39.0 Å². The summed E-state index contributed by atoms with van der Waals surface area (Å²) in [6.45, 7) is 3.43. The maximum atomic E-state index is 14.2. The van der Waals surface area contributed by atoms with Gasteiger partial charge in [-0.3, -0.25) is 9.69 Å². The average Bonchev–Trinajstić information content (AvgIpc) is 3.31. The predicted octanol–water partition coefficient (Wildman–Crippen LogP) is 3.68. The number of nitrogens with zero attached hydrogens (tertiary/aromatic N) is 4. The molecular weight excluding hydrogens is 566 g/mol. The van der Waals surface area contributed by atoms with Gasteiger partial charge >= 0.3 is 6.18 Å². The Morgan fingerprint density at radius 2 is 1.85 bits per heavy atom. The standard InChI is InChI=1S/C27H29F4N5O4S/c1-16-32-23-13-19(12-21(27(29,30)31)24(23)36(16)18-14-35(15-18)41(2,38)39)40-10-9-34-7-5-26(6-8-34)20-11-17(28)3-4-22(20)33-25(26)37/h3-4,11-13,18H,5-10,14-15H2,1-2H3,(H,33,37). The number of fused-ring (bicyclic) bond motifs is 3. The summed E-state index contributed by atoms with van der Waals surface area (Å²) in [5.41, 5.74) is -0.325. The molecule has 4 heterocycles. The number of nitrogens with one attached hydrogen (secondary N) is 1. The Bertz CT molecular complexity index is 1640. The third-order valence-corrected chi connectivity index (χ3v) is 9.71. The number of imidazole rings is 1. The van der Waals surface area contributed by atoms with Crippen molar-refractivity contribution < 1.29 is 35.5 Å². The molecule has 0 saturated carbocycles. The lowest BCUT2D eigenvalue weighted by molar-refractivity contribution is -0.136. The fourth-order valence-electron chi connectivity index (χ4n) is 6.25. The number of sulfonamides is 1. The second kappa shape index (κ2) is 9.66. The topological polar surface area (TPSA) is 96.8 Å². The summed E-state index contributed by atoms with van der Waals surface area (Å²) in [7, 11) is -3.43. The number of alkyl halides is 3. The number of halogens is 4. The molecule has 3 aromatic rings. The molecule has 2 saturated heterocycles. The molecule has 6 rings (SSSR count). The third kappa shape index (κ3) is 4.85. The Morgan fingerprint density at radius 1 is 1.15 bits per heavy atom. The van der Waals surface area contributed by atoms with E-state index in [1.807, 2.05) is 0 Å². The highest BCUT2D eigenvalue weighted by molar-refractivity contribution is 7.88. The van der Waals surface area contributed by atoms with Crippen LogP contribution < -0.4 is 10.1 Å². The van der Waals surface area contributed by atoms with Gasteiger partial charge in [-0.1, -0.05) is 0 Å². The molecule has 1 amide bonds. The Balaban J connectivity index is 1.15. The van der Waals surface area contributed by atoms with E-state index in [4.69, 9.17) is 4.74 Å². The largest absolute Gasteiger partial charge is 0.492 e. The minimum Gasteiger partial charge on any atom is -0.492 e. The number of benzene rings is 2. The number of hydrogen-bond acceptors (Lipinski definition) is 6. The van der Waals surface area contributed by atoms with Crippen molar-refractivity contribution in [1.82, 2.24) is 18.8 Å². The molecular formula is C27H29F4N5O4S. The molecule has 0 aliphatic carbocycles. The molecule has 3 aliphatic heterocycles.